The fourth-order valence-corrected chi connectivity index (χ4v) is 3.59. The number of benzene rings is 1. The fourth-order valence-electron chi connectivity index (χ4n) is 2.40. The summed E-state index contributed by atoms with van der Waals surface area (Å²) >= 11 is 0. The number of rotatable bonds is 13. The number of unbranched alkanes of at least 4 members (excludes halogenated alkanes) is 1. The number of sulfonamides is 1. The molecule has 0 saturated heterocycles. The van der Waals surface area contributed by atoms with Crippen molar-refractivity contribution in [2.75, 3.05) is 32.6 Å². The Labute approximate surface area is 181 Å². The van der Waals surface area contributed by atoms with Crippen molar-refractivity contribution in [1.82, 2.24) is 10.0 Å². The molecule has 0 saturated carbocycles. The van der Waals surface area contributed by atoms with Crippen LogP contribution in [0.5, 0.6) is 0 Å². The Bertz CT molecular complexity index is 832. The number of carbonyl (C=O) groups is 3. The third-order valence-corrected chi connectivity index (χ3v) is 5.47. The number of hydrogen-bond acceptors (Lipinski definition) is 9. The van der Waals surface area contributed by atoms with E-state index < -0.39 is 45.9 Å². The van der Waals surface area contributed by atoms with Gasteiger partial charge in [-0.15, -0.1) is 0 Å². The first-order valence-corrected chi connectivity index (χ1v) is 11.3. The van der Waals surface area contributed by atoms with Gasteiger partial charge in [0.15, 0.2) is 0 Å². The maximum atomic E-state index is 12.9. The number of esters is 2. The van der Waals surface area contributed by atoms with Gasteiger partial charge in [0.1, 0.15) is 6.61 Å². The van der Waals surface area contributed by atoms with Crippen LogP contribution in [0.2, 0.25) is 0 Å². The molecule has 12 heteroatoms. The lowest BCUT2D eigenvalue weighted by Gasteiger charge is -2.29. The smallest absolute Gasteiger partial charge is 0.407 e. The summed E-state index contributed by atoms with van der Waals surface area (Å²) in [6, 6.07) is 8.55. The van der Waals surface area contributed by atoms with Crippen molar-refractivity contribution in [3.05, 3.63) is 35.9 Å². The molecule has 0 heterocycles. The van der Waals surface area contributed by atoms with E-state index in [4.69, 9.17) is 15.2 Å². The number of nitrogens with one attached hydrogen (secondary N) is 2. The Morgan fingerprint density at radius 1 is 1.10 bits per heavy atom. The molecule has 0 unspecified atom stereocenters. The average molecular weight is 460 g/mol. The minimum atomic E-state index is -4.21. The number of alkyl carbamates (subject to hydrolysis) is 1. The van der Waals surface area contributed by atoms with Crippen molar-refractivity contribution >= 4 is 28.1 Å². The molecule has 174 valence electrons. The van der Waals surface area contributed by atoms with Gasteiger partial charge in [-0.3, -0.25) is 0 Å². The molecule has 0 aliphatic carbocycles. The van der Waals surface area contributed by atoms with Crippen molar-refractivity contribution < 1.29 is 37.0 Å². The molecule has 1 atom stereocenters. The number of hydrogen-bond donors (Lipinski definition) is 3. The number of amides is 1. The van der Waals surface area contributed by atoms with Crippen LogP contribution in [0.15, 0.2) is 30.3 Å². The van der Waals surface area contributed by atoms with Gasteiger partial charge in [0, 0.05) is 6.54 Å². The van der Waals surface area contributed by atoms with Gasteiger partial charge >= 0.3 is 18.0 Å². The number of carbonyl (C=O) groups excluding carboxylic acids is 3. The van der Waals surface area contributed by atoms with E-state index in [9.17, 15) is 22.8 Å². The highest BCUT2D eigenvalue weighted by molar-refractivity contribution is 7.89. The monoisotopic (exact) mass is 459 g/mol. The van der Waals surface area contributed by atoms with Crippen LogP contribution in [0.3, 0.4) is 0 Å². The first-order valence-electron chi connectivity index (χ1n) is 9.62. The van der Waals surface area contributed by atoms with Crippen LogP contribution in [0.1, 0.15) is 25.3 Å². The zero-order valence-corrected chi connectivity index (χ0v) is 18.4. The highest BCUT2D eigenvalue weighted by Gasteiger charge is 2.52. The first-order chi connectivity index (χ1) is 14.7. The third kappa shape index (κ3) is 8.52. The van der Waals surface area contributed by atoms with Gasteiger partial charge < -0.3 is 25.3 Å². The van der Waals surface area contributed by atoms with Crippen molar-refractivity contribution in [3.8, 4) is 0 Å². The maximum Gasteiger partial charge on any atom is 0.407 e. The van der Waals surface area contributed by atoms with Crippen LogP contribution in [-0.4, -0.2) is 64.5 Å². The average Bonchev–Trinajstić information content (AvgIpc) is 2.75. The minimum absolute atomic E-state index is 0.116. The van der Waals surface area contributed by atoms with E-state index in [1.807, 2.05) is 11.6 Å². The molecule has 1 amide bonds. The van der Waals surface area contributed by atoms with Crippen LogP contribution < -0.4 is 15.8 Å². The Balaban J connectivity index is 3.13. The van der Waals surface area contributed by atoms with E-state index in [1.54, 1.807) is 30.3 Å². The predicted octanol–water partition coefficient (Wildman–Crippen LogP) is 0.0460. The molecular formula is C19H29N3O8S. The lowest BCUT2D eigenvalue weighted by Crippen LogP contribution is -2.66. The van der Waals surface area contributed by atoms with Gasteiger partial charge in [0.25, 0.3) is 0 Å². The largest absolute Gasteiger partial charge is 0.467 e. The van der Waals surface area contributed by atoms with Crippen molar-refractivity contribution in [2.24, 2.45) is 5.73 Å². The van der Waals surface area contributed by atoms with Crippen molar-refractivity contribution in [3.63, 3.8) is 0 Å². The van der Waals surface area contributed by atoms with E-state index in [0.29, 0.717) is 12.0 Å². The Morgan fingerprint density at radius 2 is 1.77 bits per heavy atom. The first kappa shape index (κ1) is 26.3. The van der Waals surface area contributed by atoms with E-state index in [-0.39, 0.29) is 19.8 Å². The summed E-state index contributed by atoms with van der Waals surface area (Å²) in [6.45, 7) is 0.724. The number of methoxy groups -OCH3 is 1. The summed E-state index contributed by atoms with van der Waals surface area (Å²) in [5.74, 6) is -3.09. The fraction of sp³-hybridized carbons (Fsp3) is 0.526. The second-order valence-electron chi connectivity index (χ2n) is 6.51. The molecule has 11 nitrogen and oxygen atoms in total. The van der Waals surface area contributed by atoms with E-state index in [2.05, 4.69) is 10.1 Å². The Hall–Kier alpha value is -2.70. The standard InChI is InChI=1S/C19H29N3O8S/c1-3-4-11-29-18(25)21-14-19(16(23)28-2,22-31(26,27)12-10-20)17(24)30-13-15-8-6-5-7-9-15/h5-9,22H,3-4,10-14,20H2,1-2H3,(H,21,25)/t19-/m0/s1. The SMILES string of the molecule is CCCCOC(=O)NC[C@](NS(=O)(=O)CCN)(C(=O)OC)C(=O)OCc1ccccc1. The Morgan fingerprint density at radius 3 is 2.35 bits per heavy atom. The molecule has 0 radical (unpaired) electrons. The van der Waals surface area contributed by atoms with Crippen LogP contribution in [0, 0.1) is 0 Å². The third-order valence-electron chi connectivity index (χ3n) is 4.04. The van der Waals surface area contributed by atoms with Crippen molar-refractivity contribution in [1.29, 1.82) is 0 Å². The second kappa shape index (κ2) is 12.9. The maximum absolute atomic E-state index is 12.9. The van der Waals surface area contributed by atoms with Crippen LogP contribution in [0.4, 0.5) is 4.79 Å². The lowest BCUT2D eigenvalue weighted by molar-refractivity contribution is -0.164. The summed E-state index contributed by atoms with van der Waals surface area (Å²) in [6.07, 6.45) is 0.456. The van der Waals surface area contributed by atoms with E-state index in [0.717, 1.165) is 13.5 Å². The highest BCUT2D eigenvalue weighted by atomic mass is 32.2. The molecule has 0 spiro atoms. The molecule has 0 aliphatic heterocycles. The molecule has 0 aliphatic rings. The number of nitrogens with two attached hydrogens (primary N) is 1. The van der Waals surface area contributed by atoms with Crippen LogP contribution in [-0.2, 0) is 40.4 Å². The molecule has 0 fully saturated rings. The Kier molecular flexibility index (Phi) is 10.9. The van der Waals surface area contributed by atoms with E-state index >= 15 is 0 Å². The molecule has 4 N–H and O–H groups in total. The van der Waals surface area contributed by atoms with Crippen LogP contribution >= 0.6 is 0 Å². The van der Waals surface area contributed by atoms with Gasteiger partial charge in [-0.25, -0.2) is 22.8 Å². The second-order valence-corrected chi connectivity index (χ2v) is 8.35. The van der Waals surface area contributed by atoms with Gasteiger partial charge in [0.2, 0.25) is 15.6 Å². The van der Waals surface area contributed by atoms with Gasteiger partial charge in [-0.05, 0) is 12.0 Å². The molecule has 0 bridgehead atoms. The minimum Gasteiger partial charge on any atom is -0.467 e. The lowest BCUT2D eigenvalue weighted by atomic mass is 10.0. The van der Waals surface area contributed by atoms with Gasteiger partial charge in [-0.1, -0.05) is 43.7 Å². The molecular weight excluding hydrogens is 430 g/mol. The van der Waals surface area contributed by atoms with Crippen molar-refractivity contribution in [2.45, 2.75) is 31.9 Å². The quantitative estimate of drug-likeness (QED) is 0.160. The van der Waals surface area contributed by atoms with E-state index in [1.165, 1.54) is 0 Å². The van der Waals surface area contributed by atoms with Gasteiger partial charge in [-0.2, -0.15) is 4.72 Å². The summed E-state index contributed by atoms with van der Waals surface area (Å²) in [4.78, 5) is 37.4. The molecule has 31 heavy (non-hydrogen) atoms. The molecule has 1 aromatic rings. The number of ether oxygens (including phenoxy) is 3. The van der Waals surface area contributed by atoms with Crippen LogP contribution in [0.25, 0.3) is 0 Å². The highest BCUT2D eigenvalue weighted by Crippen LogP contribution is 2.14. The molecule has 1 aromatic carbocycles. The summed E-state index contributed by atoms with van der Waals surface area (Å²) < 4.78 is 41.5. The normalized spacial score (nSPS) is 13.0. The zero-order valence-electron chi connectivity index (χ0n) is 17.6. The summed E-state index contributed by atoms with van der Waals surface area (Å²) in [7, 11) is -3.24. The molecule has 0 aromatic heterocycles. The zero-order chi connectivity index (χ0) is 23.3. The summed E-state index contributed by atoms with van der Waals surface area (Å²) in [5, 5.41) is 2.22. The molecule has 1 rings (SSSR count). The predicted molar refractivity (Wildman–Crippen MR) is 111 cm³/mol. The summed E-state index contributed by atoms with van der Waals surface area (Å²) in [5.41, 5.74) is 3.34. The van der Waals surface area contributed by atoms with Gasteiger partial charge in [0.05, 0.1) is 26.0 Å². The topological polar surface area (TPSA) is 163 Å².